The molecule has 0 aliphatic heterocycles. The Kier molecular flexibility index (Phi) is 9.58. The molecule has 1 N–H and O–H groups in total. The van der Waals surface area contributed by atoms with Crippen molar-refractivity contribution in [3.63, 3.8) is 0 Å². The van der Waals surface area contributed by atoms with Crippen LogP contribution in [0.5, 0.6) is 0 Å². The zero-order valence-electron chi connectivity index (χ0n) is 22.9. The maximum absolute atomic E-state index is 14.7. The van der Waals surface area contributed by atoms with Crippen molar-refractivity contribution in [2.75, 3.05) is 10.8 Å². The summed E-state index contributed by atoms with van der Waals surface area (Å²) in [5, 5.41) is 3.05. The van der Waals surface area contributed by atoms with Gasteiger partial charge in [-0.3, -0.25) is 13.9 Å². The number of para-hydroxylation sites is 1. The minimum absolute atomic E-state index is 0.0241. The average molecular weight is 566 g/mol. The quantitative estimate of drug-likeness (QED) is 0.366. The Hall–Kier alpha value is -3.72. The number of carbonyl (C=O) groups is 2. The summed E-state index contributed by atoms with van der Waals surface area (Å²) in [6, 6.07) is 19.9. The van der Waals surface area contributed by atoms with E-state index >= 15 is 0 Å². The molecule has 212 valence electrons. The second-order valence-electron chi connectivity index (χ2n) is 10.2. The lowest BCUT2D eigenvalue weighted by molar-refractivity contribution is -0.139. The number of aryl methyl sites for hydroxylation is 1. The molecule has 0 heterocycles. The molecule has 0 aromatic heterocycles. The predicted octanol–water partition coefficient (Wildman–Crippen LogP) is 5.20. The molecule has 7 nitrogen and oxygen atoms in total. The van der Waals surface area contributed by atoms with Gasteiger partial charge >= 0.3 is 0 Å². The molecule has 40 heavy (non-hydrogen) atoms. The highest BCUT2D eigenvalue weighted by Crippen LogP contribution is 2.27. The summed E-state index contributed by atoms with van der Waals surface area (Å²) in [6.07, 6.45) is 4.93. The van der Waals surface area contributed by atoms with Gasteiger partial charge in [0.15, 0.2) is 0 Å². The number of carbonyl (C=O) groups excluding carboxylic acids is 2. The normalized spacial score (nSPS) is 14.8. The molecular formula is C31H36FN3O4S. The number of rotatable bonds is 10. The van der Waals surface area contributed by atoms with Crippen LogP contribution in [0.25, 0.3) is 0 Å². The lowest BCUT2D eigenvalue weighted by Gasteiger charge is -2.33. The number of hydrogen-bond acceptors (Lipinski definition) is 4. The Bertz CT molecular complexity index is 1430. The van der Waals surface area contributed by atoms with Crippen molar-refractivity contribution in [2.45, 2.75) is 69.5 Å². The van der Waals surface area contributed by atoms with Crippen LogP contribution in [0.3, 0.4) is 0 Å². The first-order valence-corrected chi connectivity index (χ1v) is 15.1. The number of nitrogens with zero attached hydrogens (tertiary/aromatic N) is 2. The van der Waals surface area contributed by atoms with Crippen LogP contribution in [0.1, 0.15) is 50.2 Å². The van der Waals surface area contributed by atoms with E-state index in [0.717, 1.165) is 36.4 Å². The van der Waals surface area contributed by atoms with Gasteiger partial charge in [-0.05, 0) is 56.5 Å². The first-order valence-electron chi connectivity index (χ1n) is 13.6. The SMILES string of the molecule is Cc1ccccc1N(CC(=O)N(Cc1ccccc1F)C(C)C(=O)NC1CCCCC1)S(=O)(=O)c1ccccc1. The highest BCUT2D eigenvalue weighted by molar-refractivity contribution is 7.92. The third-order valence-corrected chi connectivity index (χ3v) is 9.19. The van der Waals surface area contributed by atoms with Crippen molar-refractivity contribution < 1.29 is 22.4 Å². The van der Waals surface area contributed by atoms with Crippen molar-refractivity contribution in [1.29, 1.82) is 0 Å². The fourth-order valence-electron chi connectivity index (χ4n) is 5.04. The first-order chi connectivity index (χ1) is 19.2. The van der Waals surface area contributed by atoms with Crippen molar-refractivity contribution in [2.24, 2.45) is 0 Å². The molecular weight excluding hydrogens is 529 g/mol. The van der Waals surface area contributed by atoms with Crippen LogP contribution in [0.2, 0.25) is 0 Å². The zero-order valence-corrected chi connectivity index (χ0v) is 23.7. The number of amides is 2. The maximum Gasteiger partial charge on any atom is 0.264 e. The van der Waals surface area contributed by atoms with Gasteiger partial charge < -0.3 is 10.2 Å². The van der Waals surface area contributed by atoms with Gasteiger partial charge in [0.25, 0.3) is 10.0 Å². The van der Waals surface area contributed by atoms with E-state index in [0.29, 0.717) is 11.3 Å². The Morgan fingerprint density at radius 3 is 2.23 bits per heavy atom. The van der Waals surface area contributed by atoms with Gasteiger partial charge in [0.05, 0.1) is 10.6 Å². The number of sulfonamides is 1. The number of hydrogen-bond donors (Lipinski definition) is 1. The van der Waals surface area contributed by atoms with E-state index in [-0.39, 0.29) is 29.0 Å². The van der Waals surface area contributed by atoms with Gasteiger partial charge in [0, 0.05) is 18.2 Å². The topological polar surface area (TPSA) is 86.8 Å². The van der Waals surface area contributed by atoms with Crippen LogP contribution in [-0.4, -0.2) is 43.8 Å². The number of nitrogens with one attached hydrogen (secondary N) is 1. The van der Waals surface area contributed by atoms with Gasteiger partial charge in [-0.1, -0.05) is 73.9 Å². The average Bonchev–Trinajstić information content (AvgIpc) is 2.96. The van der Waals surface area contributed by atoms with Gasteiger partial charge in [0.2, 0.25) is 11.8 Å². The van der Waals surface area contributed by atoms with Crippen LogP contribution >= 0.6 is 0 Å². The van der Waals surface area contributed by atoms with Crippen LogP contribution < -0.4 is 9.62 Å². The van der Waals surface area contributed by atoms with Crippen molar-refractivity contribution in [3.8, 4) is 0 Å². The molecule has 1 saturated carbocycles. The molecule has 3 aromatic carbocycles. The summed E-state index contributed by atoms with van der Waals surface area (Å²) in [4.78, 5) is 28.6. The molecule has 1 aliphatic carbocycles. The van der Waals surface area contributed by atoms with E-state index in [1.54, 1.807) is 74.5 Å². The van der Waals surface area contributed by atoms with E-state index in [9.17, 15) is 22.4 Å². The van der Waals surface area contributed by atoms with Crippen LogP contribution in [0.4, 0.5) is 10.1 Å². The molecule has 4 rings (SSSR count). The molecule has 1 unspecified atom stereocenters. The smallest absolute Gasteiger partial charge is 0.264 e. The van der Waals surface area contributed by atoms with Gasteiger partial charge in [-0.25, -0.2) is 12.8 Å². The largest absolute Gasteiger partial charge is 0.352 e. The number of benzene rings is 3. The minimum atomic E-state index is -4.14. The van der Waals surface area contributed by atoms with Crippen LogP contribution in [0, 0.1) is 12.7 Å². The van der Waals surface area contributed by atoms with Crippen LogP contribution in [-0.2, 0) is 26.2 Å². The van der Waals surface area contributed by atoms with Gasteiger partial charge in [0.1, 0.15) is 18.4 Å². The number of anilines is 1. The molecule has 0 bridgehead atoms. The van der Waals surface area contributed by atoms with E-state index in [4.69, 9.17) is 0 Å². The molecule has 3 aromatic rings. The Morgan fingerprint density at radius 2 is 1.55 bits per heavy atom. The maximum atomic E-state index is 14.7. The molecule has 1 aliphatic rings. The second-order valence-corrected chi connectivity index (χ2v) is 12.1. The lowest BCUT2D eigenvalue weighted by atomic mass is 9.95. The van der Waals surface area contributed by atoms with E-state index in [1.807, 2.05) is 0 Å². The number of halogens is 1. The van der Waals surface area contributed by atoms with Crippen molar-refractivity contribution in [3.05, 3.63) is 95.8 Å². The lowest BCUT2D eigenvalue weighted by Crippen LogP contribution is -2.53. The van der Waals surface area contributed by atoms with E-state index in [2.05, 4.69) is 5.32 Å². The molecule has 1 atom stereocenters. The second kappa shape index (κ2) is 13.1. The van der Waals surface area contributed by atoms with E-state index in [1.165, 1.54) is 23.1 Å². The molecule has 2 amide bonds. The predicted molar refractivity (Wildman–Crippen MR) is 154 cm³/mol. The van der Waals surface area contributed by atoms with E-state index < -0.39 is 34.3 Å². The summed E-state index contributed by atoms with van der Waals surface area (Å²) in [6.45, 7) is 2.63. The summed E-state index contributed by atoms with van der Waals surface area (Å²) in [5.41, 5.74) is 1.25. The highest BCUT2D eigenvalue weighted by Gasteiger charge is 2.34. The zero-order chi connectivity index (χ0) is 28.7. The summed E-state index contributed by atoms with van der Waals surface area (Å²) >= 11 is 0. The third-order valence-electron chi connectivity index (χ3n) is 7.41. The summed E-state index contributed by atoms with van der Waals surface area (Å²) < 4.78 is 43.4. The molecule has 0 saturated heterocycles. The Labute approximate surface area is 236 Å². The molecule has 1 fully saturated rings. The van der Waals surface area contributed by atoms with Gasteiger partial charge in [-0.2, -0.15) is 0 Å². The molecule has 0 radical (unpaired) electrons. The summed E-state index contributed by atoms with van der Waals surface area (Å²) in [7, 11) is -4.14. The first kappa shape index (κ1) is 29.3. The standard InChI is InChI=1S/C31H36FN3O4S/c1-23-13-9-12-20-29(23)35(40(38,39)27-17-7-4-8-18-27)22-30(36)34(21-25-14-10-11-19-28(25)32)24(2)31(37)33-26-15-5-3-6-16-26/h4,7-14,17-20,24,26H,3,5-6,15-16,21-22H2,1-2H3,(H,33,37). The third kappa shape index (κ3) is 6.88. The summed E-state index contributed by atoms with van der Waals surface area (Å²) in [5.74, 6) is -1.46. The molecule has 0 spiro atoms. The fourth-order valence-corrected chi connectivity index (χ4v) is 6.54. The van der Waals surface area contributed by atoms with Gasteiger partial charge in [-0.15, -0.1) is 0 Å². The fraction of sp³-hybridized carbons (Fsp3) is 0.355. The molecule has 9 heteroatoms. The van der Waals surface area contributed by atoms with Crippen molar-refractivity contribution >= 4 is 27.5 Å². The van der Waals surface area contributed by atoms with Crippen LogP contribution in [0.15, 0.2) is 83.8 Å². The minimum Gasteiger partial charge on any atom is -0.352 e. The Balaban J connectivity index is 1.68. The highest BCUT2D eigenvalue weighted by atomic mass is 32.2. The monoisotopic (exact) mass is 565 g/mol. The Morgan fingerprint density at radius 1 is 0.925 bits per heavy atom. The van der Waals surface area contributed by atoms with Crippen molar-refractivity contribution in [1.82, 2.24) is 10.2 Å².